The summed E-state index contributed by atoms with van der Waals surface area (Å²) in [5.74, 6) is -0.0665. The molecule has 1 aliphatic rings. The van der Waals surface area contributed by atoms with Crippen LogP contribution in [-0.4, -0.2) is 66.2 Å². The lowest BCUT2D eigenvalue weighted by Crippen LogP contribution is -2.56. The summed E-state index contributed by atoms with van der Waals surface area (Å²) in [6.07, 6.45) is 4.38. The van der Waals surface area contributed by atoms with Crippen LogP contribution < -0.4 is 15.4 Å². The Bertz CT molecular complexity index is 870. The molecule has 1 fully saturated rings. The molecule has 1 aromatic rings. The van der Waals surface area contributed by atoms with Crippen LogP contribution >= 0.6 is 11.8 Å². The van der Waals surface area contributed by atoms with Gasteiger partial charge in [-0.2, -0.15) is 0 Å². The third kappa shape index (κ3) is 11.7. The van der Waals surface area contributed by atoms with Crippen molar-refractivity contribution in [2.75, 3.05) is 5.75 Å². The zero-order valence-electron chi connectivity index (χ0n) is 22.6. The molecule has 6 atom stereocenters. The van der Waals surface area contributed by atoms with Crippen molar-refractivity contribution < 1.29 is 28.6 Å². The van der Waals surface area contributed by atoms with Gasteiger partial charge >= 0.3 is 0 Å². The summed E-state index contributed by atoms with van der Waals surface area (Å²) >= 11 is -1.47. The van der Waals surface area contributed by atoms with Crippen LogP contribution in [-0.2, 0) is 27.3 Å². The molecular formula is C27H44N3O6S2-. The van der Waals surface area contributed by atoms with Gasteiger partial charge in [0.1, 0.15) is 12.1 Å². The fourth-order valence-corrected chi connectivity index (χ4v) is 6.12. The SMILES string of the molecule is CCS[C@H](NC(=O)[C@H](Cc1ccccc1)NS(=O)[O-])C(=O)N[C@@H](CC1CCCCC1)[C@@H](O)[C@@H](O)CC(C)C. The molecule has 0 saturated heterocycles. The minimum Gasteiger partial charge on any atom is -0.760 e. The highest BCUT2D eigenvalue weighted by molar-refractivity contribution is 8.00. The maximum absolute atomic E-state index is 13.4. The quantitative estimate of drug-likeness (QED) is 0.151. The van der Waals surface area contributed by atoms with Gasteiger partial charge in [0.2, 0.25) is 5.91 Å². The maximum atomic E-state index is 13.4. The Morgan fingerprint density at radius 3 is 2.32 bits per heavy atom. The normalized spacial score (nSPS) is 19.2. The number of aliphatic hydroxyl groups excluding tert-OH is 2. The van der Waals surface area contributed by atoms with Crippen LogP contribution in [0.4, 0.5) is 0 Å². The molecule has 0 bridgehead atoms. The predicted octanol–water partition coefficient (Wildman–Crippen LogP) is 2.40. The second kappa shape index (κ2) is 17.2. The van der Waals surface area contributed by atoms with Gasteiger partial charge in [-0.1, -0.05) is 83.2 Å². The van der Waals surface area contributed by atoms with Gasteiger partial charge in [0.25, 0.3) is 5.91 Å². The van der Waals surface area contributed by atoms with Gasteiger partial charge in [-0.05, 0) is 42.4 Å². The molecule has 0 radical (unpaired) electrons. The van der Waals surface area contributed by atoms with E-state index in [4.69, 9.17) is 0 Å². The predicted molar refractivity (Wildman–Crippen MR) is 151 cm³/mol. The number of hydrogen-bond acceptors (Lipinski definition) is 7. The van der Waals surface area contributed by atoms with E-state index in [-0.39, 0.29) is 12.3 Å². The van der Waals surface area contributed by atoms with E-state index in [1.54, 1.807) is 24.3 Å². The van der Waals surface area contributed by atoms with Crippen molar-refractivity contribution >= 4 is 34.8 Å². The Balaban J connectivity index is 2.15. The molecule has 216 valence electrons. The molecule has 0 heterocycles. The van der Waals surface area contributed by atoms with Crippen LogP contribution in [0, 0.1) is 11.8 Å². The van der Waals surface area contributed by atoms with Gasteiger partial charge in [-0.3, -0.25) is 13.8 Å². The van der Waals surface area contributed by atoms with Crippen molar-refractivity contribution in [1.82, 2.24) is 15.4 Å². The standard InChI is InChI=1S/C27H45N3O6S2/c1-4-37-27(29-25(33)22(30-38(35)36)17-20-13-9-6-10-14-20)26(34)28-21(16-19-11-7-5-8-12-19)24(32)23(31)15-18(2)3/h6,9-10,13-14,18-19,21-24,27,30-32H,4-5,7-8,11-12,15-17H2,1-3H3,(H,28,34)(H,29,33)(H,35,36)/p-1/t21-,22-,23-,24+,27-/m0/s1. The van der Waals surface area contributed by atoms with Crippen LogP contribution in [0.1, 0.15) is 71.3 Å². The fourth-order valence-electron chi connectivity index (χ4n) is 4.95. The average Bonchev–Trinajstić information content (AvgIpc) is 2.87. The number of nitrogens with one attached hydrogen (secondary N) is 3. The lowest BCUT2D eigenvalue weighted by Gasteiger charge is -2.33. The maximum Gasteiger partial charge on any atom is 0.253 e. The van der Waals surface area contributed by atoms with Crippen molar-refractivity contribution in [3.63, 3.8) is 0 Å². The van der Waals surface area contributed by atoms with Crippen LogP contribution in [0.5, 0.6) is 0 Å². The van der Waals surface area contributed by atoms with Crippen LogP contribution in [0.15, 0.2) is 30.3 Å². The molecule has 9 nitrogen and oxygen atoms in total. The molecule has 2 amide bonds. The Hall–Kier alpha value is -1.50. The van der Waals surface area contributed by atoms with Crippen molar-refractivity contribution in [3.05, 3.63) is 35.9 Å². The van der Waals surface area contributed by atoms with Gasteiger partial charge in [0.05, 0.1) is 12.1 Å². The van der Waals surface area contributed by atoms with Gasteiger partial charge in [-0.25, -0.2) is 4.72 Å². The summed E-state index contributed by atoms with van der Waals surface area (Å²) in [7, 11) is 0. The van der Waals surface area contributed by atoms with E-state index in [0.29, 0.717) is 24.5 Å². The smallest absolute Gasteiger partial charge is 0.253 e. The molecule has 1 aliphatic carbocycles. The molecular weight excluding hydrogens is 526 g/mol. The van der Waals surface area contributed by atoms with Crippen molar-refractivity contribution in [3.8, 4) is 0 Å². The van der Waals surface area contributed by atoms with E-state index < -0.39 is 52.7 Å². The van der Waals surface area contributed by atoms with Crippen LogP contribution in [0.25, 0.3) is 0 Å². The number of hydrogen-bond donors (Lipinski definition) is 5. The Morgan fingerprint density at radius 2 is 1.74 bits per heavy atom. The minimum absolute atomic E-state index is 0.121. The van der Waals surface area contributed by atoms with Gasteiger partial charge < -0.3 is 25.4 Å². The lowest BCUT2D eigenvalue weighted by atomic mass is 9.82. The summed E-state index contributed by atoms with van der Waals surface area (Å²) < 4.78 is 25.0. The van der Waals surface area contributed by atoms with Crippen molar-refractivity contribution in [2.24, 2.45) is 11.8 Å². The first-order valence-electron chi connectivity index (χ1n) is 13.6. The number of benzene rings is 1. The number of thioether (sulfide) groups is 1. The van der Waals surface area contributed by atoms with E-state index in [2.05, 4.69) is 15.4 Å². The highest BCUT2D eigenvalue weighted by Crippen LogP contribution is 2.29. The Morgan fingerprint density at radius 1 is 1.08 bits per heavy atom. The van der Waals surface area contributed by atoms with E-state index in [1.807, 2.05) is 26.8 Å². The third-order valence-corrected chi connectivity index (χ3v) is 8.32. The van der Waals surface area contributed by atoms with E-state index in [9.17, 15) is 28.6 Å². The van der Waals surface area contributed by atoms with Crippen LogP contribution in [0.2, 0.25) is 0 Å². The van der Waals surface area contributed by atoms with Gasteiger partial charge in [0, 0.05) is 11.3 Å². The van der Waals surface area contributed by atoms with E-state index >= 15 is 0 Å². The lowest BCUT2D eigenvalue weighted by molar-refractivity contribution is -0.129. The molecule has 1 aromatic carbocycles. The molecule has 2 rings (SSSR count). The highest BCUT2D eigenvalue weighted by Gasteiger charge is 2.34. The molecule has 1 saturated carbocycles. The van der Waals surface area contributed by atoms with Gasteiger partial charge in [-0.15, -0.1) is 11.8 Å². The number of carbonyl (C=O) groups is 2. The topological polar surface area (TPSA) is 151 Å². The number of carbonyl (C=O) groups excluding carboxylic acids is 2. The largest absolute Gasteiger partial charge is 0.760 e. The molecule has 5 N–H and O–H groups in total. The number of aliphatic hydroxyl groups is 2. The monoisotopic (exact) mass is 570 g/mol. The number of rotatable bonds is 16. The van der Waals surface area contributed by atoms with Gasteiger partial charge in [0.15, 0.2) is 5.37 Å². The summed E-state index contributed by atoms with van der Waals surface area (Å²) in [5.41, 5.74) is 0.768. The summed E-state index contributed by atoms with van der Waals surface area (Å²) in [5, 5.41) is 26.3. The van der Waals surface area contributed by atoms with E-state index in [0.717, 1.165) is 31.2 Å². The van der Waals surface area contributed by atoms with Crippen LogP contribution in [0.3, 0.4) is 0 Å². The van der Waals surface area contributed by atoms with Crippen molar-refractivity contribution in [1.29, 1.82) is 0 Å². The Kier molecular flexibility index (Phi) is 14.8. The number of amides is 2. The zero-order valence-corrected chi connectivity index (χ0v) is 24.3. The fraction of sp³-hybridized carbons (Fsp3) is 0.704. The molecule has 1 unspecified atom stereocenters. The molecule has 38 heavy (non-hydrogen) atoms. The molecule has 0 aromatic heterocycles. The molecule has 0 spiro atoms. The average molecular weight is 571 g/mol. The molecule has 0 aliphatic heterocycles. The van der Waals surface area contributed by atoms with Crippen molar-refractivity contribution in [2.45, 2.75) is 102 Å². The molecule has 11 heteroatoms. The third-order valence-electron chi connectivity index (χ3n) is 6.84. The first-order valence-corrected chi connectivity index (χ1v) is 15.7. The first kappa shape index (κ1) is 32.7. The highest BCUT2D eigenvalue weighted by atomic mass is 32.2. The second-order valence-electron chi connectivity index (χ2n) is 10.5. The second-order valence-corrected chi connectivity index (χ2v) is 12.6. The first-order chi connectivity index (χ1) is 18.1. The Labute approximate surface area is 233 Å². The minimum atomic E-state index is -2.68. The zero-order chi connectivity index (χ0) is 28.1. The van der Waals surface area contributed by atoms with E-state index in [1.165, 1.54) is 18.2 Å². The summed E-state index contributed by atoms with van der Waals surface area (Å²) in [6, 6.07) is 7.25. The summed E-state index contributed by atoms with van der Waals surface area (Å²) in [6.45, 7) is 5.77. The summed E-state index contributed by atoms with van der Waals surface area (Å²) in [4.78, 5) is 26.5.